The van der Waals surface area contributed by atoms with Gasteiger partial charge in [-0.1, -0.05) is 6.92 Å². The molecule has 2 fully saturated rings. The van der Waals surface area contributed by atoms with Gasteiger partial charge in [-0.15, -0.1) is 0 Å². The Hall–Kier alpha value is -2.73. The summed E-state index contributed by atoms with van der Waals surface area (Å²) in [6.07, 6.45) is -7.33. The van der Waals surface area contributed by atoms with Crippen molar-refractivity contribution in [2.75, 3.05) is 32.7 Å². The standard InChI is InChI=1S/C20H30N2O10/c1-6-21-7-9-22(10-8-21)19(27)17-15(28-11(2)23)16(29-12(3)24)18(30-13(4)25)20(32-17)31-14(5)26/h15-18,20H,6-10H2,1-5H3/t15-,16-,17?,18+,20+/m0/s1. The third-order valence-electron chi connectivity index (χ3n) is 5.06. The van der Waals surface area contributed by atoms with Crippen molar-refractivity contribution in [3.63, 3.8) is 0 Å². The average molecular weight is 458 g/mol. The molecule has 12 nitrogen and oxygen atoms in total. The zero-order valence-electron chi connectivity index (χ0n) is 18.9. The molecular weight excluding hydrogens is 428 g/mol. The molecule has 2 heterocycles. The molecule has 2 aliphatic rings. The van der Waals surface area contributed by atoms with Gasteiger partial charge in [0.1, 0.15) is 0 Å². The largest absolute Gasteiger partial charge is 0.455 e. The summed E-state index contributed by atoms with van der Waals surface area (Å²) in [6.45, 7) is 9.37. The zero-order valence-corrected chi connectivity index (χ0v) is 18.9. The van der Waals surface area contributed by atoms with Crippen LogP contribution in [-0.4, -0.2) is 103 Å². The van der Waals surface area contributed by atoms with Crippen LogP contribution in [0.3, 0.4) is 0 Å². The van der Waals surface area contributed by atoms with Gasteiger partial charge in [0.05, 0.1) is 0 Å². The number of rotatable bonds is 6. The van der Waals surface area contributed by atoms with Gasteiger partial charge in [-0.05, 0) is 6.54 Å². The Morgan fingerprint density at radius 2 is 1.19 bits per heavy atom. The first-order valence-electron chi connectivity index (χ1n) is 10.4. The number of ether oxygens (including phenoxy) is 5. The highest BCUT2D eigenvalue weighted by Crippen LogP contribution is 2.31. The summed E-state index contributed by atoms with van der Waals surface area (Å²) in [7, 11) is 0. The van der Waals surface area contributed by atoms with Gasteiger partial charge in [-0.25, -0.2) is 0 Å². The van der Waals surface area contributed by atoms with Gasteiger partial charge in [0.15, 0.2) is 18.3 Å². The molecular formula is C20H30N2O10. The van der Waals surface area contributed by atoms with Crippen LogP contribution in [0.4, 0.5) is 0 Å². The Balaban J connectivity index is 2.41. The molecule has 1 unspecified atom stereocenters. The first kappa shape index (κ1) is 25.5. The predicted molar refractivity (Wildman–Crippen MR) is 106 cm³/mol. The molecule has 0 spiro atoms. The fraction of sp³-hybridized carbons (Fsp3) is 0.750. The number of carbonyl (C=O) groups excluding carboxylic acids is 5. The van der Waals surface area contributed by atoms with Crippen molar-refractivity contribution in [2.24, 2.45) is 0 Å². The molecule has 0 aromatic carbocycles. The quantitative estimate of drug-likeness (QED) is 0.366. The second kappa shape index (κ2) is 11.2. The molecule has 32 heavy (non-hydrogen) atoms. The first-order valence-corrected chi connectivity index (χ1v) is 10.4. The fourth-order valence-electron chi connectivity index (χ4n) is 3.70. The van der Waals surface area contributed by atoms with E-state index in [9.17, 15) is 24.0 Å². The Morgan fingerprint density at radius 1 is 0.719 bits per heavy atom. The van der Waals surface area contributed by atoms with E-state index in [0.29, 0.717) is 26.2 Å². The lowest BCUT2D eigenvalue weighted by molar-refractivity contribution is -0.292. The summed E-state index contributed by atoms with van der Waals surface area (Å²) in [5, 5.41) is 0. The monoisotopic (exact) mass is 458 g/mol. The minimum absolute atomic E-state index is 0.406. The van der Waals surface area contributed by atoms with E-state index in [0.717, 1.165) is 34.2 Å². The number of piperazine rings is 1. The number of amides is 1. The molecule has 0 aromatic rings. The number of likely N-dealkylation sites (N-methyl/N-ethyl adjacent to an activating group) is 1. The Labute approximate surface area is 186 Å². The van der Waals surface area contributed by atoms with Gasteiger partial charge in [0, 0.05) is 53.9 Å². The molecule has 0 N–H and O–H groups in total. The smallest absolute Gasteiger partial charge is 0.305 e. The van der Waals surface area contributed by atoms with Crippen LogP contribution >= 0.6 is 0 Å². The molecule has 2 rings (SSSR count). The molecule has 0 saturated carbocycles. The topological polar surface area (TPSA) is 138 Å². The van der Waals surface area contributed by atoms with Crippen molar-refractivity contribution < 1.29 is 47.7 Å². The summed E-state index contributed by atoms with van der Waals surface area (Å²) < 4.78 is 26.6. The van der Waals surface area contributed by atoms with Crippen LogP contribution in [-0.2, 0) is 47.7 Å². The van der Waals surface area contributed by atoms with Gasteiger partial charge in [-0.2, -0.15) is 0 Å². The second-order valence-corrected chi connectivity index (χ2v) is 7.52. The highest BCUT2D eigenvalue weighted by Gasteiger charge is 2.56. The fourth-order valence-corrected chi connectivity index (χ4v) is 3.70. The maximum Gasteiger partial charge on any atom is 0.305 e. The lowest BCUT2D eigenvalue weighted by Gasteiger charge is -2.45. The van der Waals surface area contributed by atoms with E-state index < -0.39 is 60.5 Å². The van der Waals surface area contributed by atoms with Gasteiger partial charge >= 0.3 is 23.9 Å². The lowest BCUT2D eigenvalue weighted by Crippen LogP contribution is -2.66. The minimum Gasteiger partial charge on any atom is -0.455 e. The molecule has 180 valence electrons. The molecule has 5 atom stereocenters. The summed E-state index contributed by atoms with van der Waals surface area (Å²) in [4.78, 5) is 64.0. The Morgan fingerprint density at radius 3 is 1.66 bits per heavy atom. The molecule has 2 saturated heterocycles. The summed E-state index contributed by atoms with van der Waals surface area (Å²) >= 11 is 0. The van der Waals surface area contributed by atoms with Gasteiger partial charge in [0.25, 0.3) is 5.91 Å². The van der Waals surface area contributed by atoms with Crippen LogP contribution in [0.2, 0.25) is 0 Å². The molecule has 0 aliphatic carbocycles. The lowest BCUT2D eigenvalue weighted by atomic mass is 9.96. The normalized spacial score (nSPS) is 28.4. The van der Waals surface area contributed by atoms with Crippen molar-refractivity contribution in [1.29, 1.82) is 0 Å². The Bertz CT molecular complexity index is 734. The van der Waals surface area contributed by atoms with E-state index >= 15 is 0 Å². The van der Waals surface area contributed by atoms with Crippen LogP contribution in [0.15, 0.2) is 0 Å². The number of carbonyl (C=O) groups is 5. The second-order valence-electron chi connectivity index (χ2n) is 7.52. The van der Waals surface area contributed by atoms with E-state index in [4.69, 9.17) is 23.7 Å². The van der Waals surface area contributed by atoms with Crippen molar-refractivity contribution in [3.05, 3.63) is 0 Å². The first-order chi connectivity index (χ1) is 15.0. The highest BCUT2D eigenvalue weighted by molar-refractivity contribution is 5.83. The van der Waals surface area contributed by atoms with E-state index in [1.165, 1.54) is 4.90 Å². The van der Waals surface area contributed by atoms with Crippen LogP contribution in [0.25, 0.3) is 0 Å². The van der Waals surface area contributed by atoms with Gasteiger partial charge in [-0.3, -0.25) is 24.0 Å². The predicted octanol–water partition coefficient (Wildman–Crippen LogP) is -0.766. The summed E-state index contributed by atoms with van der Waals surface area (Å²) in [6, 6.07) is 0. The van der Waals surface area contributed by atoms with Crippen molar-refractivity contribution in [3.8, 4) is 0 Å². The third-order valence-corrected chi connectivity index (χ3v) is 5.06. The number of esters is 4. The average Bonchev–Trinajstić information content (AvgIpc) is 2.70. The molecule has 0 radical (unpaired) electrons. The van der Waals surface area contributed by atoms with E-state index in [-0.39, 0.29) is 0 Å². The molecule has 12 heteroatoms. The van der Waals surface area contributed by atoms with Crippen LogP contribution in [0.1, 0.15) is 34.6 Å². The van der Waals surface area contributed by atoms with Crippen molar-refractivity contribution in [2.45, 2.75) is 65.3 Å². The number of nitrogens with zero attached hydrogens (tertiary/aromatic N) is 2. The molecule has 1 amide bonds. The zero-order chi connectivity index (χ0) is 24.0. The number of hydrogen-bond donors (Lipinski definition) is 0. The highest BCUT2D eigenvalue weighted by atomic mass is 16.7. The summed E-state index contributed by atoms with van der Waals surface area (Å²) in [5.74, 6) is -3.63. The SMILES string of the molecule is CCN1CCN(C(=O)C2O[C@@H](OC(C)=O)[C@H](OC(C)=O)[C@@H](OC(C)=O)[C@@H]2OC(C)=O)CC1. The van der Waals surface area contributed by atoms with Crippen molar-refractivity contribution in [1.82, 2.24) is 9.80 Å². The van der Waals surface area contributed by atoms with Crippen LogP contribution < -0.4 is 0 Å². The third kappa shape index (κ3) is 6.63. The molecule has 2 aliphatic heterocycles. The summed E-state index contributed by atoms with van der Waals surface area (Å²) in [5.41, 5.74) is 0. The number of hydrogen-bond acceptors (Lipinski definition) is 11. The van der Waals surface area contributed by atoms with Gasteiger partial charge < -0.3 is 33.5 Å². The minimum atomic E-state index is -1.56. The van der Waals surface area contributed by atoms with E-state index in [1.54, 1.807) is 0 Å². The molecule has 0 bridgehead atoms. The van der Waals surface area contributed by atoms with Crippen LogP contribution in [0.5, 0.6) is 0 Å². The maximum atomic E-state index is 13.3. The van der Waals surface area contributed by atoms with E-state index in [2.05, 4.69) is 4.90 Å². The Kier molecular flexibility index (Phi) is 8.96. The van der Waals surface area contributed by atoms with Crippen LogP contribution in [0, 0.1) is 0 Å². The van der Waals surface area contributed by atoms with Crippen molar-refractivity contribution >= 4 is 29.8 Å². The molecule has 0 aromatic heterocycles. The maximum absolute atomic E-state index is 13.3. The van der Waals surface area contributed by atoms with Gasteiger partial charge in [0.2, 0.25) is 12.4 Å². The van der Waals surface area contributed by atoms with E-state index in [1.807, 2.05) is 6.92 Å².